The second-order valence-electron chi connectivity index (χ2n) is 5.61. The standard InChI is InChI=1S/C13H24N2O/c1-9(2)14-13(16)12-8-7-10-5-3-4-6-11(10)15-12/h9-12,15H,3-8H2,1-2H3,(H,14,16)/t10?,11?,12-/m1/s1. The van der Waals surface area contributed by atoms with Crippen LogP contribution in [0.1, 0.15) is 52.4 Å². The van der Waals surface area contributed by atoms with Crippen LogP contribution < -0.4 is 10.6 Å². The Labute approximate surface area is 98.4 Å². The van der Waals surface area contributed by atoms with Gasteiger partial charge in [-0.1, -0.05) is 12.8 Å². The van der Waals surface area contributed by atoms with Gasteiger partial charge in [0.2, 0.25) is 5.91 Å². The maximum absolute atomic E-state index is 11.9. The summed E-state index contributed by atoms with van der Waals surface area (Å²) in [4.78, 5) is 11.9. The van der Waals surface area contributed by atoms with Gasteiger partial charge < -0.3 is 10.6 Å². The van der Waals surface area contributed by atoms with Gasteiger partial charge in [-0.05, 0) is 45.4 Å². The number of amides is 1. The molecule has 0 aromatic heterocycles. The zero-order valence-corrected chi connectivity index (χ0v) is 10.5. The van der Waals surface area contributed by atoms with Crippen molar-refractivity contribution in [3.05, 3.63) is 0 Å². The van der Waals surface area contributed by atoms with Gasteiger partial charge >= 0.3 is 0 Å². The van der Waals surface area contributed by atoms with Gasteiger partial charge in [0.05, 0.1) is 6.04 Å². The summed E-state index contributed by atoms with van der Waals surface area (Å²) in [6.07, 6.45) is 7.57. The molecule has 0 spiro atoms. The van der Waals surface area contributed by atoms with E-state index in [0.29, 0.717) is 6.04 Å². The Kier molecular flexibility index (Phi) is 3.85. The molecule has 92 valence electrons. The minimum absolute atomic E-state index is 0.0572. The molecule has 2 aliphatic rings. The Bertz CT molecular complexity index is 252. The number of hydrogen-bond donors (Lipinski definition) is 2. The molecular formula is C13H24N2O. The molecule has 1 heterocycles. The fourth-order valence-corrected chi connectivity index (χ4v) is 3.09. The third-order valence-corrected chi connectivity index (χ3v) is 3.90. The van der Waals surface area contributed by atoms with Crippen molar-refractivity contribution >= 4 is 5.91 Å². The molecule has 1 saturated heterocycles. The molecule has 1 saturated carbocycles. The first kappa shape index (κ1) is 11.9. The van der Waals surface area contributed by atoms with Crippen molar-refractivity contribution in [3.63, 3.8) is 0 Å². The number of rotatable bonds is 2. The van der Waals surface area contributed by atoms with E-state index in [4.69, 9.17) is 0 Å². The van der Waals surface area contributed by atoms with Gasteiger partial charge in [0.1, 0.15) is 0 Å². The lowest BCUT2D eigenvalue weighted by molar-refractivity contribution is -0.125. The van der Waals surface area contributed by atoms with Crippen LogP contribution in [0.5, 0.6) is 0 Å². The summed E-state index contributed by atoms with van der Waals surface area (Å²) in [7, 11) is 0. The Morgan fingerprint density at radius 3 is 2.69 bits per heavy atom. The van der Waals surface area contributed by atoms with E-state index >= 15 is 0 Å². The molecule has 3 heteroatoms. The predicted octanol–water partition coefficient (Wildman–Crippen LogP) is 1.82. The Morgan fingerprint density at radius 2 is 1.94 bits per heavy atom. The number of carbonyl (C=O) groups excluding carboxylic acids is 1. The maximum atomic E-state index is 11.9. The van der Waals surface area contributed by atoms with Gasteiger partial charge in [-0.15, -0.1) is 0 Å². The van der Waals surface area contributed by atoms with Gasteiger partial charge in [0, 0.05) is 12.1 Å². The van der Waals surface area contributed by atoms with Crippen molar-refractivity contribution in [3.8, 4) is 0 Å². The molecule has 3 atom stereocenters. The molecular weight excluding hydrogens is 200 g/mol. The van der Waals surface area contributed by atoms with Gasteiger partial charge in [0.15, 0.2) is 0 Å². The van der Waals surface area contributed by atoms with Crippen LogP contribution in [0.4, 0.5) is 0 Å². The Hall–Kier alpha value is -0.570. The molecule has 0 radical (unpaired) electrons. The van der Waals surface area contributed by atoms with Gasteiger partial charge in [0.25, 0.3) is 0 Å². The molecule has 1 amide bonds. The van der Waals surface area contributed by atoms with E-state index < -0.39 is 0 Å². The van der Waals surface area contributed by atoms with Crippen LogP contribution in [0.2, 0.25) is 0 Å². The highest BCUT2D eigenvalue weighted by molar-refractivity contribution is 5.82. The van der Waals surface area contributed by atoms with E-state index in [1.807, 2.05) is 13.8 Å². The zero-order valence-electron chi connectivity index (χ0n) is 10.5. The smallest absolute Gasteiger partial charge is 0.237 e. The van der Waals surface area contributed by atoms with Crippen LogP contribution in [-0.4, -0.2) is 24.0 Å². The van der Waals surface area contributed by atoms with E-state index in [1.165, 1.54) is 32.1 Å². The van der Waals surface area contributed by atoms with E-state index in [-0.39, 0.29) is 18.0 Å². The highest BCUT2D eigenvalue weighted by Crippen LogP contribution is 2.32. The molecule has 3 nitrogen and oxygen atoms in total. The van der Waals surface area contributed by atoms with Crippen LogP contribution in [0.3, 0.4) is 0 Å². The van der Waals surface area contributed by atoms with Crippen LogP contribution >= 0.6 is 0 Å². The largest absolute Gasteiger partial charge is 0.353 e. The second-order valence-corrected chi connectivity index (χ2v) is 5.61. The second kappa shape index (κ2) is 5.17. The molecule has 0 aromatic carbocycles. The third-order valence-electron chi connectivity index (χ3n) is 3.90. The van der Waals surface area contributed by atoms with Gasteiger partial charge in [-0.25, -0.2) is 0 Å². The topological polar surface area (TPSA) is 41.1 Å². The number of nitrogens with one attached hydrogen (secondary N) is 2. The van der Waals surface area contributed by atoms with Crippen LogP contribution in [0.25, 0.3) is 0 Å². The molecule has 2 fully saturated rings. The van der Waals surface area contributed by atoms with E-state index in [0.717, 1.165) is 12.3 Å². The first-order valence-corrected chi connectivity index (χ1v) is 6.73. The van der Waals surface area contributed by atoms with Crippen LogP contribution in [0, 0.1) is 5.92 Å². The molecule has 16 heavy (non-hydrogen) atoms. The lowest BCUT2D eigenvalue weighted by Gasteiger charge is -2.40. The quantitative estimate of drug-likeness (QED) is 0.751. The van der Waals surface area contributed by atoms with Crippen molar-refractivity contribution in [1.82, 2.24) is 10.6 Å². The third kappa shape index (κ3) is 2.76. The average molecular weight is 224 g/mol. The maximum Gasteiger partial charge on any atom is 0.237 e. The van der Waals surface area contributed by atoms with E-state index in [1.54, 1.807) is 0 Å². The molecule has 0 aromatic rings. The minimum Gasteiger partial charge on any atom is -0.353 e. The van der Waals surface area contributed by atoms with E-state index in [2.05, 4.69) is 10.6 Å². The minimum atomic E-state index is 0.0572. The Morgan fingerprint density at radius 1 is 1.19 bits per heavy atom. The van der Waals surface area contributed by atoms with Gasteiger partial charge in [-0.3, -0.25) is 4.79 Å². The molecule has 2 N–H and O–H groups in total. The summed E-state index contributed by atoms with van der Waals surface area (Å²) < 4.78 is 0. The molecule has 2 unspecified atom stereocenters. The SMILES string of the molecule is CC(C)NC(=O)[C@H]1CCC2CCCCC2N1. The first-order valence-electron chi connectivity index (χ1n) is 6.73. The Balaban J connectivity index is 1.87. The highest BCUT2D eigenvalue weighted by atomic mass is 16.2. The number of hydrogen-bond acceptors (Lipinski definition) is 2. The monoisotopic (exact) mass is 224 g/mol. The normalized spacial score (nSPS) is 34.6. The summed E-state index contributed by atoms with van der Waals surface area (Å²) in [5, 5.41) is 6.56. The summed E-state index contributed by atoms with van der Waals surface area (Å²) in [5.41, 5.74) is 0. The highest BCUT2D eigenvalue weighted by Gasteiger charge is 2.34. The number of fused-ring (bicyclic) bond motifs is 1. The van der Waals surface area contributed by atoms with Crippen LogP contribution in [-0.2, 0) is 4.79 Å². The van der Waals surface area contributed by atoms with Crippen LogP contribution in [0.15, 0.2) is 0 Å². The van der Waals surface area contributed by atoms with Crippen molar-refractivity contribution in [2.75, 3.05) is 0 Å². The molecule has 1 aliphatic heterocycles. The predicted molar refractivity (Wildman–Crippen MR) is 65.2 cm³/mol. The van der Waals surface area contributed by atoms with Crippen molar-refractivity contribution in [1.29, 1.82) is 0 Å². The lowest BCUT2D eigenvalue weighted by Crippen LogP contribution is -2.55. The van der Waals surface area contributed by atoms with Crippen molar-refractivity contribution in [2.45, 2.75) is 70.5 Å². The number of carbonyl (C=O) groups is 1. The molecule has 0 bridgehead atoms. The zero-order chi connectivity index (χ0) is 11.5. The summed E-state index contributed by atoms with van der Waals surface area (Å²) in [6, 6.07) is 0.908. The van der Waals surface area contributed by atoms with Gasteiger partial charge in [-0.2, -0.15) is 0 Å². The van der Waals surface area contributed by atoms with E-state index in [9.17, 15) is 4.79 Å². The summed E-state index contributed by atoms with van der Waals surface area (Å²) in [6.45, 7) is 4.04. The molecule has 2 rings (SSSR count). The van der Waals surface area contributed by atoms with Crippen molar-refractivity contribution < 1.29 is 4.79 Å². The summed E-state index contributed by atoms with van der Waals surface area (Å²) in [5.74, 6) is 1.02. The lowest BCUT2D eigenvalue weighted by atomic mass is 9.77. The van der Waals surface area contributed by atoms with Crippen molar-refractivity contribution in [2.24, 2.45) is 5.92 Å². The first-order chi connectivity index (χ1) is 7.66. The average Bonchev–Trinajstić information content (AvgIpc) is 2.27. The fraction of sp³-hybridized carbons (Fsp3) is 0.923. The molecule has 1 aliphatic carbocycles. The number of piperidine rings is 1. The summed E-state index contributed by atoms with van der Waals surface area (Å²) >= 11 is 0. The fourth-order valence-electron chi connectivity index (χ4n) is 3.09.